The van der Waals surface area contributed by atoms with Crippen LogP contribution in [-0.2, 0) is 11.2 Å². The third-order valence-corrected chi connectivity index (χ3v) is 3.73. The molecule has 1 saturated carbocycles. The van der Waals surface area contributed by atoms with Crippen molar-refractivity contribution < 1.29 is 9.13 Å². The molecule has 1 aromatic carbocycles. The van der Waals surface area contributed by atoms with E-state index >= 15 is 0 Å². The predicted molar refractivity (Wildman–Crippen MR) is 67.3 cm³/mol. The molecule has 94 valence electrons. The summed E-state index contributed by atoms with van der Waals surface area (Å²) < 4.78 is 18.7. The maximum Gasteiger partial charge on any atom is 0.123 e. The molecular formula is C14H20FNO. The maximum absolute atomic E-state index is 13.2. The number of nitrogens with two attached hydrogens (primary N) is 1. The third-order valence-electron chi connectivity index (χ3n) is 3.73. The SMILES string of the molecule is CO[C@H]1CCCCC1Cc1cc(F)ccc1N. The first-order valence-electron chi connectivity index (χ1n) is 6.27. The summed E-state index contributed by atoms with van der Waals surface area (Å²) >= 11 is 0. The van der Waals surface area contributed by atoms with E-state index in [1.807, 2.05) is 0 Å². The Morgan fingerprint density at radius 1 is 1.35 bits per heavy atom. The van der Waals surface area contributed by atoms with E-state index in [2.05, 4.69) is 0 Å². The number of benzene rings is 1. The highest BCUT2D eigenvalue weighted by atomic mass is 19.1. The second kappa shape index (κ2) is 5.50. The minimum atomic E-state index is -0.209. The van der Waals surface area contributed by atoms with Gasteiger partial charge >= 0.3 is 0 Å². The van der Waals surface area contributed by atoms with E-state index in [1.54, 1.807) is 19.2 Å². The minimum absolute atomic E-state index is 0.209. The topological polar surface area (TPSA) is 35.2 Å². The lowest BCUT2D eigenvalue weighted by Crippen LogP contribution is -2.28. The Hall–Kier alpha value is -1.09. The van der Waals surface area contributed by atoms with Crippen LogP contribution in [0.5, 0.6) is 0 Å². The zero-order chi connectivity index (χ0) is 12.3. The molecule has 0 heterocycles. The zero-order valence-corrected chi connectivity index (χ0v) is 10.3. The monoisotopic (exact) mass is 237 g/mol. The van der Waals surface area contributed by atoms with Crippen LogP contribution in [0.2, 0.25) is 0 Å². The van der Waals surface area contributed by atoms with Gasteiger partial charge in [-0.3, -0.25) is 0 Å². The molecule has 1 unspecified atom stereocenters. The average Bonchev–Trinajstić information content (AvgIpc) is 2.34. The van der Waals surface area contributed by atoms with Crippen molar-refractivity contribution in [3.8, 4) is 0 Å². The Bertz CT molecular complexity index is 380. The van der Waals surface area contributed by atoms with Gasteiger partial charge in [-0.2, -0.15) is 0 Å². The van der Waals surface area contributed by atoms with Crippen molar-refractivity contribution in [3.63, 3.8) is 0 Å². The number of nitrogen functional groups attached to an aromatic ring is 1. The summed E-state index contributed by atoms with van der Waals surface area (Å²) in [6.07, 6.45) is 5.84. The van der Waals surface area contributed by atoms with Gasteiger partial charge in [0.25, 0.3) is 0 Å². The zero-order valence-electron chi connectivity index (χ0n) is 10.3. The van der Waals surface area contributed by atoms with Crippen LogP contribution in [0.3, 0.4) is 0 Å². The van der Waals surface area contributed by atoms with Gasteiger partial charge in [-0.15, -0.1) is 0 Å². The molecule has 1 aliphatic carbocycles. The fourth-order valence-corrected chi connectivity index (χ4v) is 2.75. The van der Waals surface area contributed by atoms with E-state index in [0.717, 1.165) is 24.8 Å². The summed E-state index contributed by atoms with van der Waals surface area (Å²) in [6, 6.07) is 4.61. The van der Waals surface area contributed by atoms with Gasteiger partial charge in [0.2, 0.25) is 0 Å². The van der Waals surface area contributed by atoms with E-state index < -0.39 is 0 Å². The first-order valence-corrected chi connectivity index (χ1v) is 6.27. The number of hydrogen-bond acceptors (Lipinski definition) is 2. The summed E-state index contributed by atoms with van der Waals surface area (Å²) in [6.45, 7) is 0. The first-order chi connectivity index (χ1) is 8.20. The molecule has 0 saturated heterocycles. The van der Waals surface area contributed by atoms with Gasteiger partial charge in [0.15, 0.2) is 0 Å². The average molecular weight is 237 g/mol. The molecule has 0 bridgehead atoms. The highest BCUT2D eigenvalue weighted by Crippen LogP contribution is 2.30. The van der Waals surface area contributed by atoms with Gasteiger partial charge in [-0.1, -0.05) is 12.8 Å². The highest BCUT2D eigenvalue weighted by Gasteiger charge is 2.25. The quantitative estimate of drug-likeness (QED) is 0.820. The Labute approximate surface area is 102 Å². The first kappa shape index (κ1) is 12.4. The molecule has 17 heavy (non-hydrogen) atoms. The van der Waals surface area contributed by atoms with Crippen molar-refractivity contribution >= 4 is 5.69 Å². The van der Waals surface area contributed by atoms with E-state index in [-0.39, 0.29) is 5.82 Å². The molecule has 2 nitrogen and oxygen atoms in total. The lowest BCUT2D eigenvalue weighted by atomic mass is 9.82. The number of anilines is 1. The summed E-state index contributed by atoms with van der Waals surface area (Å²) in [7, 11) is 1.76. The Kier molecular flexibility index (Phi) is 4.00. The van der Waals surface area contributed by atoms with Gasteiger partial charge in [-0.05, 0) is 48.9 Å². The Morgan fingerprint density at radius 2 is 2.12 bits per heavy atom. The molecule has 1 fully saturated rings. The fraction of sp³-hybridized carbons (Fsp3) is 0.571. The standard InChI is InChI=1S/C14H20FNO/c1-17-14-5-3-2-4-10(14)8-11-9-12(15)6-7-13(11)16/h6-7,9-10,14H,2-5,8,16H2,1H3/t10?,14-/m0/s1. The molecule has 0 amide bonds. The van der Waals surface area contributed by atoms with Gasteiger partial charge in [0.05, 0.1) is 6.10 Å². The second-order valence-electron chi connectivity index (χ2n) is 4.87. The molecule has 2 rings (SSSR count). The largest absolute Gasteiger partial charge is 0.399 e. The molecule has 2 atom stereocenters. The van der Waals surface area contributed by atoms with Crippen molar-refractivity contribution in [2.24, 2.45) is 5.92 Å². The summed E-state index contributed by atoms with van der Waals surface area (Å²) in [5.41, 5.74) is 7.49. The molecular weight excluding hydrogens is 217 g/mol. The number of hydrogen-bond donors (Lipinski definition) is 1. The van der Waals surface area contributed by atoms with Crippen LogP contribution in [0, 0.1) is 11.7 Å². The second-order valence-corrected chi connectivity index (χ2v) is 4.87. The molecule has 3 heteroatoms. The molecule has 1 aliphatic rings. The molecule has 2 N–H and O–H groups in total. The molecule has 0 radical (unpaired) electrons. The maximum atomic E-state index is 13.2. The van der Waals surface area contributed by atoms with Crippen LogP contribution in [-0.4, -0.2) is 13.2 Å². The van der Waals surface area contributed by atoms with Gasteiger partial charge in [0, 0.05) is 12.8 Å². The molecule has 0 aliphatic heterocycles. The number of halogens is 1. The van der Waals surface area contributed by atoms with E-state index in [4.69, 9.17) is 10.5 Å². The summed E-state index contributed by atoms with van der Waals surface area (Å²) in [5, 5.41) is 0. The van der Waals surface area contributed by atoms with Crippen molar-refractivity contribution in [2.45, 2.75) is 38.2 Å². The van der Waals surface area contributed by atoms with Crippen molar-refractivity contribution in [1.29, 1.82) is 0 Å². The normalized spacial score (nSPS) is 24.8. The van der Waals surface area contributed by atoms with Crippen LogP contribution >= 0.6 is 0 Å². The van der Waals surface area contributed by atoms with Crippen molar-refractivity contribution in [1.82, 2.24) is 0 Å². The number of methoxy groups -OCH3 is 1. The Balaban J connectivity index is 2.10. The predicted octanol–water partition coefficient (Wildman–Crippen LogP) is 3.16. The van der Waals surface area contributed by atoms with E-state index in [0.29, 0.717) is 17.7 Å². The fourth-order valence-electron chi connectivity index (χ4n) is 2.75. The van der Waals surface area contributed by atoms with Crippen molar-refractivity contribution in [2.75, 3.05) is 12.8 Å². The van der Waals surface area contributed by atoms with E-state index in [1.165, 1.54) is 18.9 Å². The van der Waals surface area contributed by atoms with Gasteiger partial charge < -0.3 is 10.5 Å². The van der Waals surface area contributed by atoms with Crippen molar-refractivity contribution in [3.05, 3.63) is 29.6 Å². The number of ether oxygens (including phenoxy) is 1. The Morgan fingerprint density at radius 3 is 2.88 bits per heavy atom. The molecule has 1 aromatic rings. The summed E-state index contributed by atoms with van der Waals surface area (Å²) in [4.78, 5) is 0. The highest BCUT2D eigenvalue weighted by molar-refractivity contribution is 5.47. The van der Waals surface area contributed by atoms with Gasteiger partial charge in [-0.25, -0.2) is 4.39 Å². The van der Waals surface area contributed by atoms with Crippen LogP contribution in [0.15, 0.2) is 18.2 Å². The molecule has 0 spiro atoms. The van der Waals surface area contributed by atoms with Crippen LogP contribution in [0.25, 0.3) is 0 Å². The number of rotatable bonds is 3. The third kappa shape index (κ3) is 2.97. The lowest BCUT2D eigenvalue weighted by Gasteiger charge is -2.30. The van der Waals surface area contributed by atoms with Crippen LogP contribution in [0.1, 0.15) is 31.2 Å². The van der Waals surface area contributed by atoms with Crippen LogP contribution in [0.4, 0.5) is 10.1 Å². The molecule has 0 aromatic heterocycles. The lowest BCUT2D eigenvalue weighted by molar-refractivity contribution is 0.0239. The van der Waals surface area contributed by atoms with E-state index in [9.17, 15) is 4.39 Å². The smallest absolute Gasteiger partial charge is 0.123 e. The van der Waals surface area contributed by atoms with Gasteiger partial charge in [0.1, 0.15) is 5.82 Å². The summed E-state index contributed by atoms with van der Waals surface area (Å²) in [5.74, 6) is 0.261. The van der Waals surface area contributed by atoms with Crippen LogP contribution < -0.4 is 5.73 Å². The minimum Gasteiger partial charge on any atom is -0.399 e.